The smallest absolute Gasteiger partial charge is 0.408 e. The number of carbonyl (C=O) groups is 3. The molecule has 3 aromatic heterocycles. The average Bonchev–Trinajstić information content (AvgIpc) is 3.71. The Balaban J connectivity index is 0.000000244. The summed E-state index contributed by atoms with van der Waals surface area (Å²) in [6, 6.07) is 57.2. The predicted octanol–water partition coefficient (Wildman–Crippen LogP) is 13.2. The number of hydrogen-bond acceptors (Lipinski definition) is 11. The van der Waals surface area contributed by atoms with Crippen LogP contribution in [0.5, 0.6) is 0 Å². The minimum atomic E-state index is -0.613. The lowest BCUT2D eigenvalue weighted by Gasteiger charge is -2.27. The number of nitrogens with one attached hydrogen (secondary N) is 4. The number of nitrogens with zero attached hydrogens (tertiary/aromatic N) is 5. The largest absolute Gasteiger partial charge is 0.444 e. The molecule has 3 heterocycles. The summed E-state index contributed by atoms with van der Waals surface area (Å²) in [5.74, 6) is -0.151. The van der Waals surface area contributed by atoms with Crippen LogP contribution in [0.15, 0.2) is 201 Å². The first-order valence-electron chi connectivity index (χ1n) is 30.7. The van der Waals surface area contributed by atoms with Gasteiger partial charge in [-0.3, -0.25) is 24.5 Å². The molecule has 0 bridgehead atoms. The monoisotopic (exact) mass is 1220 g/mol. The fourth-order valence-corrected chi connectivity index (χ4v) is 10.1. The van der Waals surface area contributed by atoms with E-state index in [1.54, 1.807) is 31.9 Å². The molecule has 9 aromatic rings. The Morgan fingerprint density at radius 3 is 1.26 bits per heavy atom. The van der Waals surface area contributed by atoms with Gasteiger partial charge in [0.05, 0.1) is 6.54 Å². The molecular formula is C74H95ClN10O4. The molecule has 0 aliphatic heterocycles. The molecule has 0 fully saturated rings. The molecule has 9 rings (SSSR count). The predicted molar refractivity (Wildman–Crippen MR) is 369 cm³/mol. The van der Waals surface area contributed by atoms with E-state index < -0.39 is 11.7 Å². The molecule has 3 atom stereocenters. The van der Waals surface area contributed by atoms with Crippen molar-refractivity contribution in [2.45, 2.75) is 131 Å². The molecule has 0 spiro atoms. The molecule has 0 unspecified atom stereocenters. The Bertz CT molecular complexity index is 3500. The second-order valence-electron chi connectivity index (χ2n) is 23.5. The Labute approximate surface area is 535 Å². The maximum atomic E-state index is 13.0. The fraction of sp³-hybridized carbons (Fsp3) is 0.351. The molecule has 0 saturated heterocycles. The van der Waals surface area contributed by atoms with Gasteiger partial charge in [-0.05, 0) is 160 Å². The maximum Gasteiger partial charge on any atom is 0.408 e. The van der Waals surface area contributed by atoms with Gasteiger partial charge in [-0.15, -0.1) is 12.4 Å². The molecule has 0 aliphatic carbocycles. The van der Waals surface area contributed by atoms with Gasteiger partial charge < -0.3 is 41.5 Å². The van der Waals surface area contributed by atoms with Crippen molar-refractivity contribution in [1.82, 2.24) is 46.0 Å². The zero-order valence-corrected chi connectivity index (χ0v) is 53.1. The average molecular weight is 1220 g/mol. The highest BCUT2D eigenvalue weighted by Gasteiger charge is 2.21. The zero-order chi connectivity index (χ0) is 61.6. The van der Waals surface area contributed by atoms with Crippen LogP contribution in [0.3, 0.4) is 0 Å². The van der Waals surface area contributed by atoms with Gasteiger partial charge in [-0.2, -0.15) is 0 Å². The summed E-state index contributed by atoms with van der Waals surface area (Å²) < 4.78 is 5.26. The molecule has 0 saturated carbocycles. The first-order valence-corrected chi connectivity index (χ1v) is 30.7. The summed E-state index contributed by atoms with van der Waals surface area (Å²) >= 11 is 0. The van der Waals surface area contributed by atoms with Crippen LogP contribution >= 0.6 is 12.4 Å². The lowest BCUT2D eigenvalue weighted by molar-refractivity contribution is -0.131. The first kappa shape index (κ1) is 71.6. The van der Waals surface area contributed by atoms with E-state index in [1.165, 1.54) is 69.7 Å². The number of unbranched alkanes of at least 4 members (excludes halogenated alkanes) is 1. The number of halogens is 1. The van der Waals surface area contributed by atoms with Gasteiger partial charge in [0.2, 0.25) is 11.8 Å². The quantitative estimate of drug-likeness (QED) is 0.0309. The number of nitrogens with two attached hydrogens (primary N) is 1. The summed E-state index contributed by atoms with van der Waals surface area (Å²) in [6.07, 6.45) is 17.0. The lowest BCUT2D eigenvalue weighted by atomic mass is 10.0. The fourth-order valence-electron chi connectivity index (χ4n) is 10.1. The summed E-state index contributed by atoms with van der Waals surface area (Å²) in [5, 5.41) is 20.3. The second kappa shape index (κ2) is 38.3. The number of aromatic nitrogens is 3. The van der Waals surface area contributed by atoms with Gasteiger partial charge in [0.1, 0.15) is 12.1 Å². The standard InChI is InChI=1S/C28H36N4O3.C23H28N4O.C22H26N2.CH4.ClH/c1-21(30-17-23-10-11-25-18-29-14-12-24(25)16-23)20-32(15-13-22-8-6-5-7-9-22)26(33)19-31-27(34)35-28(2,3)4;1-18(26-15-20-7-8-22-16-25-11-9-21(22)13-20)17-27(23(28)14-24)12-10-19-5-3-2-4-6-19;1-18(7-5-6-10-19-8-3-2-4-9-19)24-16-20-11-12-22-17-23-14-13-21(22)15-20;;/h5-12,14,16,18,21,30H,13,15,17,19-20H2,1-4H3,(H,31,34);2-9,11,13,16,18,26H,10,12,14-15,17,24H2,1H3;2-4,8-9,11-15,17-18,24H,5-7,10,16H2,1H3;1H4;1H/t21-;2*18-;;/m111../s1. The third-order valence-electron chi connectivity index (χ3n) is 15.0. The number of rotatable bonds is 27. The molecular weight excluding hydrogens is 1130 g/mol. The summed E-state index contributed by atoms with van der Waals surface area (Å²) in [6.45, 7) is 16.5. The number of carbonyl (C=O) groups excluding carboxylic acids is 3. The van der Waals surface area contributed by atoms with Crippen molar-refractivity contribution in [2.75, 3.05) is 39.3 Å². The van der Waals surface area contributed by atoms with Crippen LogP contribution in [-0.4, -0.2) is 106 Å². The van der Waals surface area contributed by atoms with Gasteiger partial charge in [-0.25, -0.2) is 4.79 Å². The second-order valence-corrected chi connectivity index (χ2v) is 23.5. The highest BCUT2D eigenvalue weighted by Crippen LogP contribution is 2.18. The topological polar surface area (TPSA) is 180 Å². The Morgan fingerprint density at radius 1 is 0.483 bits per heavy atom. The van der Waals surface area contributed by atoms with Gasteiger partial charge in [0.25, 0.3) is 0 Å². The Morgan fingerprint density at radius 2 is 0.865 bits per heavy atom. The van der Waals surface area contributed by atoms with Crippen molar-refractivity contribution in [2.24, 2.45) is 5.73 Å². The first-order chi connectivity index (χ1) is 42.2. The number of ether oxygens (including phenoxy) is 1. The van der Waals surface area contributed by atoms with Crippen molar-refractivity contribution >= 4 is 62.6 Å². The Kier molecular flexibility index (Phi) is 30.9. The van der Waals surface area contributed by atoms with Crippen LogP contribution in [0.2, 0.25) is 0 Å². The van der Waals surface area contributed by atoms with Gasteiger partial charge in [-0.1, -0.05) is 141 Å². The highest BCUT2D eigenvalue weighted by atomic mass is 35.5. The van der Waals surface area contributed by atoms with E-state index in [-0.39, 0.29) is 56.8 Å². The summed E-state index contributed by atoms with van der Waals surface area (Å²) in [4.78, 5) is 53.4. The van der Waals surface area contributed by atoms with E-state index >= 15 is 0 Å². The van der Waals surface area contributed by atoms with E-state index in [2.05, 4.69) is 172 Å². The van der Waals surface area contributed by atoms with Crippen molar-refractivity contribution in [3.63, 3.8) is 0 Å². The van der Waals surface area contributed by atoms with E-state index in [9.17, 15) is 14.4 Å². The molecule has 3 amide bonds. The van der Waals surface area contributed by atoms with Crippen LogP contribution in [0.4, 0.5) is 4.79 Å². The van der Waals surface area contributed by atoms with E-state index in [1.807, 2.05) is 84.4 Å². The molecule has 15 heteroatoms. The molecule has 0 radical (unpaired) electrons. The molecule has 0 aliphatic rings. The van der Waals surface area contributed by atoms with Crippen molar-refractivity contribution in [3.8, 4) is 0 Å². The van der Waals surface area contributed by atoms with E-state index in [4.69, 9.17) is 10.5 Å². The van der Waals surface area contributed by atoms with Gasteiger partial charge >= 0.3 is 6.09 Å². The zero-order valence-electron chi connectivity index (χ0n) is 52.2. The summed E-state index contributed by atoms with van der Waals surface area (Å²) in [5.41, 5.74) is 12.6. The maximum absolute atomic E-state index is 13.0. The Hall–Kier alpha value is -8.11. The number of aryl methyl sites for hydroxylation is 1. The SMILES string of the molecule is C.C[C@H](CCCCc1ccccc1)NCc1ccc2cnccc2c1.C[C@H](CN(CCc1ccccc1)C(=O)CN)NCc1ccc2cnccc2c1.C[C@H](CN(CCc1ccccc1)C(=O)CNC(=O)OC(C)(C)C)NCc1ccc2cnccc2c1.Cl. The molecule has 6 aromatic carbocycles. The van der Waals surface area contributed by atoms with Gasteiger partial charge in [0.15, 0.2) is 0 Å². The van der Waals surface area contributed by atoms with Crippen LogP contribution in [0, 0.1) is 0 Å². The number of benzene rings is 6. The number of amides is 3. The molecule has 472 valence electrons. The highest BCUT2D eigenvalue weighted by molar-refractivity contribution is 5.86. The number of pyridine rings is 3. The molecule has 14 nitrogen and oxygen atoms in total. The third kappa shape index (κ3) is 26.2. The molecule has 6 N–H and O–H groups in total. The normalized spacial score (nSPS) is 11.9. The summed E-state index contributed by atoms with van der Waals surface area (Å²) in [7, 11) is 0. The lowest BCUT2D eigenvalue weighted by Crippen LogP contribution is -2.47. The van der Waals surface area contributed by atoms with Crippen molar-refractivity contribution in [1.29, 1.82) is 0 Å². The molecule has 89 heavy (non-hydrogen) atoms. The van der Waals surface area contributed by atoms with Crippen molar-refractivity contribution in [3.05, 3.63) is 234 Å². The third-order valence-corrected chi connectivity index (χ3v) is 15.0. The number of alkyl carbamates (subject to hydrolysis) is 1. The number of fused-ring (bicyclic) bond motifs is 3. The van der Waals surface area contributed by atoms with Crippen LogP contribution in [-0.2, 0) is 53.2 Å². The minimum Gasteiger partial charge on any atom is -0.444 e. The van der Waals surface area contributed by atoms with Gasteiger partial charge in [0, 0.05) is 117 Å². The van der Waals surface area contributed by atoms with Crippen LogP contribution in [0.25, 0.3) is 32.3 Å². The minimum absolute atomic E-state index is 0. The van der Waals surface area contributed by atoms with E-state index in [0.717, 1.165) is 47.7 Å². The van der Waals surface area contributed by atoms with Crippen LogP contribution in [0.1, 0.15) is 102 Å². The number of hydrogen-bond donors (Lipinski definition) is 5. The van der Waals surface area contributed by atoms with Crippen molar-refractivity contribution < 1.29 is 19.1 Å². The van der Waals surface area contributed by atoms with Crippen LogP contribution < -0.4 is 27.0 Å². The van der Waals surface area contributed by atoms with E-state index in [0.29, 0.717) is 38.8 Å².